The second-order valence-corrected chi connectivity index (χ2v) is 4.57. The number of amides is 1. The molecule has 0 bridgehead atoms. The zero-order valence-electron chi connectivity index (χ0n) is 11.1. The third kappa shape index (κ3) is 4.27. The standard InChI is InChI=1S/C12H22N2O4/c1-10(12(16)17)11(15)14-5-3-4-13(6-7-14)8-9-18-2/h10H,3-9H2,1-2H3,(H,16,17). The highest BCUT2D eigenvalue weighted by atomic mass is 16.5. The first-order valence-corrected chi connectivity index (χ1v) is 6.29. The van der Waals surface area contributed by atoms with Crippen LogP contribution in [0.2, 0.25) is 0 Å². The van der Waals surface area contributed by atoms with Crippen LogP contribution in [0, 0.1) is 5.92 Å². The summed E-state index contributed by atoms with van der Waals surface area (Å²) in [6.45, 7) is 5.92. The number of nitrogens with zero attached hydrogens (tertiary/aromatic N) is 2. The van der Waals surface area contributed by atoms with Crippen LogP contribution >= 0.6 is 0 Å². The number of carbonyl (C=O) groups excluding carboxylic acids is 1. The van der Waals surface area contributed by atoms with Gasteiger partial charge < -0.3 is 14.7 Å². The van der Waals surface area contributed by atoms with Crippen LogP contribution in [0.5, 0.6) is 0 Å². The van der Waals surface area contributed by atoms with Gasteiger partial charge in [-0.15, -0.1) is 0 Å². The molecule has 0 spiro atoms. The molecular weight excluding hydrogens is 236 g/mol. The van der Waals surface area contributed by atoms with Crippen molar-refractivity contribution >= 4 is 11.9 Å². The van der Waals surface area contributed by atoms with E-state index in [2.05, 4.69) is 4.90 Å². The van der Waals surface area contributed by atoms with Gasteiger partial charge in [0.15, 0.2) is 0 Å². The molecule has 6 nitrogen and oxygen atoms in total. The topological polar surface area (TPSA) is 70.1 Å². The van der Waals surface area contributed by atoms with Crippen LogP contribution in [0.15, 0.2) is 0 Å². The predicted octanol–water partition coefficient (Wildman–Crippen LogP) is -0.112. The minimum absolute atomic E-state index is 0.281. The van der Waals surface area contributed by atoms with Crippen molar-refractivity contribution in [3.8, 4) is 0 Å². The lowest BCUT2D eigenvalue weighted by atomic mass is 10.1. The summed E-state index contributed by atoms with van der Waals surface area (Å²) in [7, 11) is 1.67. The fourth-order valence-electron chi connectivity index (χ4n) is 2.01. The molecule has 18 heavy (non-hydrogen) atoms. The summed E-state index contributed by atoms with van der Waals surface area (Å²) in [6, 6.07) is 0. The van der Waals surface area contributed by atoms with Crippen molar-refractivity contribution in [3.05, 3.63) is 0 Å². The van der Waals surface area contributed by atoms with Gasteiger partial charge in [0, 0.05) is 33.3 Å². The molecule has 0 aromatic heterocycles. The van der Waals surface area contributed by atoms with Gasteiger partial charge in [0.1, 0.15) is 5.92 Å². The van der Waals surface area contributed by atoms with Gasteiger partial charge in [-0.25, -0.2) is 0 Å². The number of carboxylic acids is 1. The number of aliphatic carboxylic acids is 1. The molecule has 0 saturated carbocycles. The third-order valence-corrected chi connectivity index (χ3v) is 3.25. The van der Waals surface area contributed by atoms with Gasteiger partial charge in [0.05, 0.1) is 6.61 Å². The Morgan fingerprint density at radius 2 is 2.00 bits per heavy atom. The van der Waals surface area contributed by atoms with Crippen LogP contribution in [0.1, 0.15) is 13.3 Å². The first-order valence-electron chi connectivity index (χ1n) is 6.29. The molecule has 1 N–H and O–H groups in total. The number of rotatable bonds is 5. The lowest BCUT2D eigenvalue weighted by Gasteiger charge is -2.23. The predicted molar refractivity (Wildman–Crippen MR) is 66.3 cm³/mol. The van der Waals surface area contributed by atoms with Crippen molar-refractivity contribution in [1.82, 2.24) is 9.80 Å². The van der Waals surface area contributed by atoms with Crippen molar-refractivity contribution in [2.75, 3.05) is 46.4 Å². The molecule has 1 fully saturated rings. The molecule has 1 aliphatic rings. The van der Waals surface area contributed by atoms with Gasteiger partial charge in [0.25, 0.3) is 0 Å². The van der Waals surface area contributed by atoms with E-state index < -0.39 is 11.9 Å². The monoisotopic (exact) mass is 258 g/mol. The minimum Gasteiger partial charge on any atom is -0.481 e. The Morgan fingerprint density at radius 1 is 1.28 bits per heavy atom. The van der Waals surface area contributed by atoms with Crippen LogP contribution in [-0.4, -0.2) is 73.2 Å². The Hall–Kier alpha value is -1.14. The van der Waals surface area contributed by atoms with Crippen molar-refractivity contribution in [3.63, 3.8) is 0 Å². The zero-order valence-corrected chi connectivity index (χ0v) is 11.1. The van der Waals surface area contributed by atoms with Crippen LogP contribution < -0.4 is 0 Å². The molecular formula is C12H22N2O4. The summed E-state index contributed by atoms with van der Waals surface area (Å²) in [6.07, 6.45) is 0.877. The number of carboxylic acid groups (broad SMARTS) is 1. The summed E-state index contributed by atoms with van der Waals surface area (Å²) in [5, 5.41) is 8.85. The van der Waals surface area contributed by atoms with E-state index in [9.17, 15) is 9.59 Å². The van der Waals surface area contributed by atoms with Gasteiger partial charge in [-0.3, -0.25) is 14.5 Å². The van der Waals surface area contributed by atoms with Crippen LogP contribution in [0.25, 0.3) is 0 Å². The number of methoxy groups -OCH3 is 1. The highest BCUT2D eigenvalue weighted by molar-refractivity contribution is 5.96. The Balaban J connectivity index is 2.46. The molecule has 0 aliphatic carbocycles. The van der Waals surface area contributed by atoms with E-state index in [0.29, 0.717) is 19.7 Å². The fourth-order valence-corrected chi connectivity index (χ4v) is 2.01. The first-order chi connectivity index (χ1) is 8.56. The van der Waals surface area contributed by atoms with Crippen molar-refractivity contribution in [2.45, 2.75) is 13.3 Å². The van der Waals surface area contributed by atoms with Crippen LogP contribution in [0.4, 0.5) is 0 Å². The molecule has 0 radical (unpaired) electrons. The number of ether oxygens (including phenoxy) is 1. The van der Waals surface area contributed by atoms with E-state index in [0.717, 1.165) is 26.1 Å². The first kappa shape index (κ1) is 14.9. The van der Waals surface area contributed by atoms with Gasteiger partial charge in [-0.1, -0.05) is 0 Å². The Labute approximate surface area is 107 Å². The van der Waals surface area contributed by atoms with Crippen LogP contribution in [0.3, 0.4) is 0 Å². The number of carbonyl (C=O) groups is 2. The molecule has 1 aliphatic heterocycles. The molecule has 1 unspecified atom stereocenters. The SMILES string of the molecule is COCCN1CCCN(C(=O)C(C)C(=O)O)CC1. The van der Waals surface area contributed by atoms with Crippen molar-refractivity contribution in [2.24, 2.45) is 5.92 Å². The Bertz CT molecular complexity index is 296. The maximum absolute atomic E-state index is 11.9. The van der Waals surface area contributed by atoms with E-state index in [1.165, 1.54) is 6.92 Å². The van der Waals surface area contributed by atoms with Crippen molar-refractivity contribution < 1.29 is 19.4 Å². The lowest BCUT2D eigenvalue weighted by Crippen LogP contribution is -2.40. The summed E-state index contributed by atoms with van der Waals surface area (Å²) in [5.41, 5.74) is 0. The lowest BCUT2D eigenvalue weighted by molar-refractivity contribution is -0.150. The average molecular weight is 258 g/mol. The smallest absolute Gasteiger partial charge is 0.315 e. The molecule has 0 aromatic carbocycles. The molecule has 1 rings (SSSR count). The Morgan fingerprint density at radius 3 is 2.61 bits per heavy atom. The largest absolute Gasteiger partial charge is 0.481 e. The maximum Gasteiger partial charge on any atom is 0.315 e. The third-order valence-electron chi connectivity index (χ3n) is 3.25. The molecule has 6 heteroatoms. The van der Waals surface area contributed by atoms with Crippen LogP contribution in [-0.2, 0) is 14.3 Å². The zero-order chi connectivity index (χ0) is 13.5. The normalized spacial score (nSPS) is 19.3. The number of hydrogen-bond donors (Lipinski definition) is 1. The van der Waals surface area contributed by atoms with E-state index in [1.54, 1.807) is 12.0 Å². The fraction of sp³-hybridized carbons (Fsp3) is 0.833. The van der Waals surface area contributed by atoms with Gasteiger partial charge in [-0.05, 0) is 19.9 Å². The van der Waals surface area contributed by atoms with E-state index in [-0.39, 0.29) is 5.91 Å². The second-order valence-electron chi connectivity index (χ2n) is 4.57. The van der Waals surface area contributed by atoms with E-state index >= 15 is 0 Å². The minimum atomic E-state index is -1.06. The molecule has 0 aromatic rings. The van der Waals surface area contributed by atoms with Gasteiger partial charge in [0.2, 0.25) is 5.91 Å². The summed E-state index contributed by atoms with van der Waals surface area (Å²) >= 11 is 0. The highest BCUT2D eigenvalue weighted by Crippen LogP contribution is 2.08. The summed E-state index contributed by atoms with van der Waals surface area (Å²) in [5.74, 6) is -2.29. The highest BCUT2D eigenvalue weighted by Gasteiger charge is 2.27. The van der Waals surface area contributed by atoms with Gasteiger partial charge in [-0.2, -0.15) is 0 Å². The molecule has 1 amide bonds. The molecule has 1 heterocycles. The van der Waals surface area contributed by atoms with E-state index in [4.69, 9.17) is 9.84 Å². The molecule has 1 atom stereocenters. The maximum atomic E-state index is 11.9. The van der Waals surface area contributed by atoms with Gasteiger partial charge >= 0.3 is 5.97 Å². The number of hydrogen-bond acceptors (Lipinski definition) is 4. The quantitative estimate of drug-likeness (QED) is 0.697. The Kier molecular flexibility index (Phi) is 6.07. The molecule has 1 saturated heterocycles. The average Bonchev–Trinajstić information content (AvgIpc) is 2.59. The summed E-state index contributed by atoms with van der Waals surface area (Å²) in [4.78, 5) is 26.6. The van der Waals surface area contributed by atoms with Crippen molar-refractivity contribution in [1.29, 1.82) is 0 Å². The van der Waals surface area contributed by atoms with E-state index in [1.807, 2.05) is 0 Å². The molecule has 104 valence electrons. The second kappa shape index (κ2) is 7.33. The summed E-state index contributed by atoms with van der Waals surface area (Å²) < 4.78 is 5.03.